The van der Waals surface area contributed by atoms with E-state index in [2.05, 4.69) is 29.1 Å². The van der Waals surface area contributed by atoms with Crippen LogP contribution in [0.1, 0.15) is 19.5 Å². The average molecular weight is 255 g/mol. The fourth-order valence-corrected chi connectivity index (χ4v) is 2.13. The van der Waals surface area contributed by atoms with Crippen LogP contribution in [0.3, 0.4) is 0 Å². The first-order valence-electron chi connectivity index (χ1n) is 5.56. The number of anilines is 2. The van der Waals surface area contributed by atoms with E-state index in [-0.39, 0.29) is 11.2 Å². The molecule has 1 aliphatic rings. The molecule has 92 valence electrons. The number of amides is 1. The molecular formula is C11H15ClN4O. The highest BCUT2D eigenvalue weighted by atomic mass is 35.5. The summed E-state index contributed by atoms with van der Waals surface area (Å²) < 4.78 is 0. The van der Waals surface area contributed by atoms with Crippen LogP contribution in [0.15, 0.2) is 0 Å². The molecule has 1 aromatic heterocycles. The average Bonchev–Trinajstić information content (AvgIpc) is 2.19. The molecule has 2 heterocycles. The van der Waals surface area contributed by atoms with Crippen LogP contribution >= 0.6 is 11.6 Å². The number of carbonyl (C=O) groups is 1. The number of rotatable bonds is 2. The summed E-state index contributed by atoms with van der Waals surface area (Å²) in [6.07, 6.45) is 0. The van der Waals surface area contributed by atoms with Crippen LogP contribution in [-0.2, 0) is 4.79 Å². The molecule has 17 heavy (non-hydrogen) atoms. The van der Waals surface area contributed by atoms with Gasteiger partial charge >= 0.3 is 0 Å². The van der Waals surface area contributed by atoms with Crippen LogP contribution in [0, 0.1) is 12.8 Å². The standard InChI is InChI=1S/C11H15ClN4O/c1-6(2)4-16-5-8(17)14-9-7(3)13-11(12)15-10(9)16/h6H,4-5H2,1-3H3,(H,14,17). The highest BCUT2D eigenvalue weighted by Gasteiger charge is 2.26. The molecule has 0 spiro atoms. The van der Waals surface area contributed by atoms with E-state index in [1.165, 1.54) is 0 Å². The maximum absolute atomic E-state index is 11.6. The van der Waals surface area contributed by atoms with Crippen molar-refractivity contribution < 1.29 is 4.79 Å². The van der Waals surface area contributed by atoms with Gasteiger partial charge in [0.25, 0.3) is 0 Å². The number of halogens is 1. The van der Waals surface area contributed by atoms with Crippen LogP contribution in [0.4, 0.5) is 11.5 Å². The van der Waals surface area contributed by atoms with Gasteiger partial charge in [0.05, 0.1) is 12.2 Å². The lowest BCUT2D eigenvalue weighted by Gasteiger charge is -2.31. The largest absolute Gasteiger partial charge is 0.345 e. The lowest BCUT2D eigenvalue weighted by molar-refractivity contribution is -0.115. The molecule has 1 aliphatic heterocycles. The van der Waals surface area contributed by atoms with Crippen molar-refractivity contribution >= 4 is 29.0 Å². The molecular weight excluding hydrogens is 240 g/mol. The topological polar surface area (TPSA) is 58.1 Å². The summed E-state index contributed by atoms with van der Waals surface area (Å²) in [5.41, 5.74) is 1.37. The van der Waals surface area contributed by atoms with Crippen LogP contribution in [0.25, 0.3) is 0 Å². The minimum absolute atomic E-state index is 0.0350. The Morgan fingerprint density at radius 2 is 2.18 bits per heavy atom. The van der Waals surface area contributed by atoms with Gasteiger partial charge in [-0.2, -0.15) is 4.98 Å². The van der Waals surface area contributed by atoms with E-state index < -0.39 is 0 Å². The Hall–Kier alpha value is -1.36. The third-order valence-electron chi connectivity index (χ3n) is 2.53. The summed E-state index contributed by atoms with van der Waals surface area (Å²) in [4.78, 5) is 21.8. The highest BCUT2D eigenvalue weighted by Crippen LogP contribution is 2.30. The van der Waals surface area contributed by atoms with Crippen molar-refractivity contribution in [2.45, 2.75) is 20.8 Å². The minimum atomic E-state index is -0.0350. The summed E-state index contributed by atoms with van der Waals surface area (Å²) in [5, 5.41) is 3.01. The zero-order valence-corrected chi connectivity index (χ0v) is 10.9. The number of nitrogens with one attached hydrogen (secondary N) is 1. The number of hydrogen-bond donors (Lipinski definition) is 1. The van der Waals surface area contributed by atoms with Crippen molar-refractivity contribution in [3.63, 3.8) is 0 Å². The minimum Gasteiger partial charge on any atom is -0.345 e. The third kappa shape index (κ3) is 2.49. The van der Waals surface area contributed by atoms with Gasteiger partial charge in [0.1, 0.15) is 5.69 Å². The molecule has 0 fully saturated rings. The number of hydrogen-bond acceptors (Lipinski definition) is 4. The molecule has 1 amide bonds. The van der Waals surface area contributed by atoms with Gasteiger partial charge in [-0.05, 0) is 24.4 Å². The molecule has 0 saturated heterocycles. The lowest BCUT2D eigenvalue weighted by Crippen LogP contribution is -2.41. The maximum atomic E-state index is 11.6. The van der Waals surface area contributed by atoms with E-state index in [4.69, 9.17) is 11.6 Å². The predicted molar refractivity (Wildman–Crippen MR) is 67.5 cm³/mol. The molecule has 1 aromatic rings. The first kappa shape index (κ1) is 12.1. The first-order chi connectivity index (χ1) is 7.97. The van der Waals surface area contributed by atoms with E-state index >= 15 is 0 Å². The zero-order chi connectivity index (χ0) is 12.6. The third-order valence-corrected chi connectivity index (χ3v) is 2.70. The lowest BCUT2D eigenvalue weighted by atomic mass is 10.1. The van der Waals surface area contributed by atoms with Gasteiger partial charge in [0.15, 0.2) is 5.82 Å². The quantitative estimate of drug-likeness (QED) is 0.819. The Morgan fingerprint density at radius 1 is 1.47 bits per heavy atom. The molecule has 5 nitrogen and oxygen atoms in total. The summed E-state index contributed by atoms with van der Waals surface area (Å²) >= 11 is 5.86. The van der Waals surface area contributed by atoms with E-state index in [1.807, 2.05) is 11.8 Å². The van der Waals surface area contributed by atoms with Crippen LogP contribution in [-0.4, -0.2) is 29.0 Å². The fourth-order valence-electron chi connectivity index (χ4n) is 1.92. The van der Waals surface area contributed by atoms with E-state index in [0.717, 1.165) is 12.4 Å². The molecule has 2 rings (SSSR count). The van der Waals surface area contributed by atoms with E-state index in [0.29, 0.717) is 23.8 Å². The van der Waals surface area contributed by atoms with Crippen LogP contribution in [0.2, 0.25) is 5.28 Å². The van der Waals surface area contributed by atoms with Crippen LogP contribution < -0.4 is 10.2 Å². The van der Waals surface area contributed by atoms with Gasteiger partial charge < -0.3 is 10.2 Å². The second kappa shape index (κ2) is 4.49. The van der Waals surface area contributed by atoms with Gasteiger partial charge in [0.2, 0.25) is 11.2 Å². The molecule has 0 unspecified atom stereocenters. The van der Waals surface area contributed by atoms with E-state index in [9.17, 15) is 4.79 Å². The van der Waals surface area contributed by atoms with Crippen LogP contribution in [0.5, 0.6) is 0 Å². The van der Waals surface area contributed by atoms with E-state index in [1.54, 1.807) is 0 Å². The number of carbonyl (C=O) groups excluding carboxylic acids is 1. The normalized spacial score (nSPS) is 14.9. The molecule has 6 heteroatoms. The number of aromatic nitrogens is 2. The molecule has 0 bridgehead atoms. The second-order valence-corrected chi connectivity index (χ2v) is 4.94. The number of nitrogens with zero attached hydrogens (tertiary/aromatic N) is 3. The predicted octanol–water partition coefficient (Wildman–Crippen LogP) is 1.85. The van der Waals surface area contributed by atoms with Gasteiger partial charge in [-0.15, -0.1) is 0 Å². The monoisotopic (exact) mass is 254 g/mol. The summed E-state index contributed by atoms with van der Waals surface area (Å²) in [6, 6.07) is 0. The molecule has 1 N–H and O–H groups in total. The maximum Gasteiger partial charge on any atom is 0.244 e. The Labute approximate surface area is 105 Å². The highest BCUT2D eigenvalue weighted by molar-refractivity contribution is 6.28. The van der Waals surface area contributed by atoms with Gasteiger partial charge in [-0.25, -0.2) is 4.98 Å². The summed E-state index contributed by atoms with van der Waals surface area (Å²) in [7, 11) is 0. The zero-order valence-electron chi connectivity index (χ0n) is 10.1. The van der Waals surface area contributed by atoms with Crippen molar-refractivity contribution in [2.24, 2.45) is 5.92 Å². The fraction of sp³-hybridized carbons (Fsp3) is 0.545. The van der Waals surface area contributed by atoms with Crippen molar-refractivity contribution in [3.05, 3.63) is 11.0 Å². The Bertz CT molecular complexity index is 461. The van der Waals surface area contributed by atoms with Gasteiger partial charge in [0, 0.05) is 6.54 Å². The molecule has 0 aliphatic carbocycles. The first-order valence-corrected chi connectivity index (χ1v) is 5.94. The SMILES string of the molecule is Cc1nc(Cl)nc2c1NC(=O)CN2CC(C)C. The molecule has 0 saturated carbocycles. The Kier molecular flexibility index (Phi) is 3.19. The van der Waals surface area contributed by atoms with Crippen molar-refractivity contribution in [3.8, 4) is 0 Å². The van der Waals surface area contributed by atoms with Crippen molar-refractivity contribution in [1.29, 1.82) is 0 Å². The molecule has 0 atom stereocenters. The smallest absolute Gasteiger partial charge is 0.244 e. The van der Waals surface area contributed by atoms with Crippen molar-refractivity contribution in [2.75, 3.05) is 23.3 Å². The van der Waals surface area contributed by atoms with Gasteiger partial charge in [-0.1, -0.05) is 13.8 Å². The number of fused-ring (bicyclic) bond motifs is 1. The Balaban J connectivity index is 2.44. The second-order valence-electron chi connectivity index (χ2n) is 4.60. The summed E-state index contributed by atoms with van der Waals surface area (Å²) in [5.74, 6) is 1.13. The molecule has 0 aromatic carbocycles. The summed E-state index contributed by atoms with van der Waals surface area (Å²) in [6.45, 7) is 7.10. The Morgan fingerprint density at radius 3 is 2.82 bits per heavy atom. The van der Waals surface area contributed by atoms with Crippen molar-refractivity contribution in [1.82, 2.24) is 9.97 Å². The number of aryl methyl sites for hydroxylation is 1. The molecule has 0 radical (unpaired) electrons. The van der Waals surface area contributed by atoms with Gasteiger partial charge in [-0.3, -0.25) is 4.79 Å².